The molecule has 0 aliphatic rings. The standard InChI is InChI=1S/C48H30O/c1-3-12-31(13-4-1)33-22-23-35-29-37(25-24-34(35)28-33)46-38-16-7-9-18-40(38)47(41-19-10-8-17-39(41)46)43-20-11-21-44-48(43)42-27-26-36(30-45(42)49-44)32-14-5-2-6-15-32/h1-30H/i2D,5D,6D,14D,15D,22D,23D,24D,25D,28D,29D. The van der Waals surface area contributed by atoms with Gasteiger partial charge in [0.15, 0.2) is 0 Å². The second kappa shape index (κ2) is 11.1. The van der Waals surface area contributed by atoms with Crippen LogP contribution in [0.2, 0.25) is 0 Å². The van der Waals surface area contributed by atoms with Crippen LogP contribution >= 0.6 is 0 Å². The van der Waals surface area contributed by atoms with Crippen LogP contribution < -0.4 is 0 Å². The molecule has 0 bridgehead atoms. The van der Waals surface area contributed by atoms with Crippen molar-refractivity contribution in [2.45, 2.75) is 0 Å². The Morgan fingerprint density at radius 1 is 0.388 bits per heavy atom. The lowest BCUT2D eigenvalue weighted by molar-refractivity contribution is 0.669. The molecule has 1 heteroatoms. The van der Waals surface area contributed by atoms with E-state index in [4.69, 9.17) is 14.0 Å². The summed E-state index contributed by atoms with van der Waals surface area (Å²) in [5, 5.41) is 4.50. The van der Waals surface area contributed by atoms with Gasteiger partial charge in [0, 0.05) is 10.8 Å². The molecule has 0 aliphatic carbocycles. The molecular weight excluding hydrogens is 593 g/mol. The van der Waals surface area contributed by atoms with Crippen LogP contribution in [-0.2, 0) is 0 Å². The fourth-order valence-corrected chi connectivity index (χ4v) is 7.02. The molecule has 228 valence electrons. The van der Waals surface area contributed by atoms with Crippen molar-refractivity contribution in [2.75, 3.05) is 0 Å². The van der Waals surface area contributed by atoms with Crippen LogP contribution in [0.1, 0.15) is 15.1 Å². The summed E-state index contributed by atoms with van der Waals surface area (Å²) in [4.78, 5) is 0. The normalized spacial score (nSPS) is 14.8. The lowest BCUT2D eigenvalue weighted by atomic mass is 9.84. The summed E-state index contributed by atoms with van der Waals surface area (Å²) in [7, 11) is 0. The molecule has 10 rings (SSSR count). The van der Waals surface area contributed by atoms with Gasteiger partial charge in [0.2, 0.25) is 0 Å². The molecular formula is C48H30O. The summed E-state index contributed by atoms with van der Waals surface area (Å²) in [6.07, 6.45) is 0. The van der Waals surface area contributed by atoms with Crippen LogP contribution in [0.25, 0.3) is 98.8 Å². The molecule has 0 spiro atoms. The number of hydrogen-bond acceptors (Lipinski definition) is 1. The lowest BCUT2D eigenvalue weighted by Crippen LogP contribution is -1.91. The van der Waals surface area contributed by atoms with E-state index >= 15 is 0 Å². The highest BCUT2D eigenvalue weighted by molar-refractivity contribution is 6.26. The Hall–Kier alpha value is -6.44. The van der Waals surface area contributed by atoms with Crippen LogP contribution in [-0.4, -0.2) is 0 Å². The third-order valence-corrected chi connectivity index (χ3v) is 9.17. The van der Waals surface area contributed by atoms with Gasteiger partial charge in [-0.1, -0.05) is 151 Å². The smallest absolute Gasteiger partial charge is 0.136 e. The molecule has 10 aromatic rings. The topological polar surface area (TPSA) is 13.1 Å². The van der Waals surface area contributed by atoms with Crippen LogP contribution in [0.15, 0.2) is 186 Å². The van der Waals surface area contributed by atoms with E-state index in [1.165, 1.54) is 0 Å². The summed E-state index contributed by atoms with van der Waals surface area (Å²) in [6, 6.07) is 31.9. The van der Waals surface area contributed by atoms with Gasteiger partial charge >= 0.3 is 0 Å². The number of hydrogen-bond donors (Lipinski definition) is 0. The first-order valence-electron chi connectivity index (χ1n) is 21.5. The van der Waals surface area contributed by atoms with Gasteiger partial charge in [0.1, 0.15) is 11.2 Å². The zero-order valence-electron chi connectivity index (χ0n) is 36.9. The second-order valence-corrected chi connectivity index (χ2v) is 11.9. The predicted octanol–water partition coefficient (Wildman–Crippen LogP) is 13.7. The molecule has 0 aliphatic heterocycles. The SMILES string of the molecule is [2H]c1c([2H])c([2H])c(-c2ccc3c(c2)oc2cccc(-c4c5ccccc5c(-c5c([2H])c([2H])c6c([2H])c(-c7ccccc7)c([2H])c([2H])c6c5[2H])c5ccccc45)c23)c([2H])c1[2H]. The minimum absolute atomic E-state index is 0.00734. The Labute approximate surface area is 299 Å². The van der Waals surface area contributed by atoms with Crippen LogP contribution in [0.4, 0.5) is 0 Å². The molecule has 0 atom stereocenters. The van der Waals surface area contributed by atoms with E-state index in [-0.39, 0.29) is 75.8 Å². The first-order valence-corrected chi connectivity index (χ1v) is 16.0. The summed E-state index contributed by atoms with van der Waals surface area (Å²) in [5.41, 5.74) is 4.62. The maximum absolute atomic E-state index is 9.65. The van der Waals surface area contributed by atoms with Crippen molar-refractivity contribution < 1.29 is 19.5 Å². The van der Waals surface area contributed by atoms with Gasteiger partial charge in [-0.25, -0.2) is 0 Å². The van der Waals surface area contributed by atoms with Crippen LogP contribution in [0, 0.1) is 0 Å². The quantitative estimate of drug-likeness (QED) is 0.176. The van der Waals surface area contributed by atoms with Crippen molar-refractivity contribution in [2.24, 2.45) is 0 Å². The largest absolute Gasteiger partial charge is 0.456 e. The van der Waals surface area contributed by atoms with E-state index in [1.54, 1.807) is 36.4 Å². The minimum Gasteiger partial charge on any atom is -0.456 e. The zero-order chi connectivity index (χ0) is 41.9. The number of rotatable bonds is 4. The molecule has 1 heterocycles. The molecule has 0 saturated heterocycles. The Bertz CT molecular complexity index is 3420. The highest BCUT2D eigenvalue weighted by Gasteiger charge is 2.20. The highest BCUT2D eigenvalue weighted by Crippen LogP contribution is 2.47. The summed E-state index contributed by atoms with van der Waals surface area (Å²) in [6.45, 7) is 0. The second-order valence-electron chi connectivity index (χ2n) is 11.9. The molecule has 0 radical (unpaired) electrons. The van der Waals surface area contributed by atoms with Crippen molar-refractivity contribution >= 4 is 54.3 Å². The zero-order valence-corrected chi connectivity index (χ0v) is 25.9. The maximum Gasteiger partial charge on any atom is 0.136 e. The fourth-order valence-electron chi connectivity index (χ4n) is 7.02. The molecule has 0 fully saturated rings. The third-order valence-electron chi connectivity index (χ3n) is 9.17. The van der Waals surface area contributed by atoms with E-state index in [1.807, 2.05) is 78.9 Å². The summed E-state index contributed by atoms with van der Waals surface area (Å²) >= 11 is 0. The third kappa shape index (κ3) is 4.47. The Balaban J connectivity index is 1.26. The molecule has 9 aromatic carbocycles. The highest BCUT2D eigenvalue weighted by atomic mass is 16.3. The lowest BCUT2D eigenvalue weighted by Gasteiger charge is -2.18. The Morgan fingerprint density at radius 3 is 1.73 bits per heavy atom. The maximum atomic E-state index is 9.65. The molecule has 0 N–H and O–H groups in total. The minimum atomic E-state index is -0.463. The van der Waals surface area contributed by atoms with E-state index < -0.39 is 18.1 Å². The number of furan rings is 1. The van der Waals surface area contributed by atoms with E-state index in [2.05, 4.69) is 0 Å². The Morgan fingerprint density at radius 2 is 1.02 bits per heavy atom. The monoisotopic (exact) mass is 633 g/mol. The molecule has 1 aromatic heterocycles. The van der Waals surface area contributed by atoms with Crippen molar-refractivity contribution in [1.29, 1.82) is 0 Å². The number of fused-ring (bicyclic) bond motifs is 6. The predicted molar refractivity (Wildman–Crippen MR) is 208 cm³/mol. The van der Waals surface area contributed by atoms with Gasteiger partial charge in [0.25, 0.3) is 0 Å². The summed E-state index contributed by atoms with van der Waals surface area (Å²) < 4.78 is 104. The molecule has 0 unspecified atom stereocenters. The van der Waals surface area contributed by atoms with Gasteiger partial charge in [-0.2, -0.15) is 0 Å². The molecule has 0 saturated carbocycles. The van der Waals surface area contributed by atoms with Crippen LogP contribution in [0.5, 0.6) is 0 Å². The van der Waals surface area contributed by atoms with Gasteiger partial charge in [-0.05, 0) is 107 Å². The van der Waals surface area contributed by atoms with Crippen molar-refractivity contribution in [3.8, 4) is 44.5 Å². The van der Waals surface area contributed by atoms with E-state index in [9.17, 15) is 5.48 Å². The first kappa shape index (κ1) is 18.8. The average molecular weight is 634 g/mol. The Kier molecular flexibility index (Phi) is 4.25. The summed E-state index contributed by atoms with van der Waals surface area (Å²) in [5.74, 6) is 0. The van der Waals surface area contributed by atoms with E-state index in [0.29, 0.717) is 38.6 Å². The average Bonchev–Trinajstić information content (AvgIpc) is 3.64. The van der Waals surface area contributed by atoms with Gasteiger partial charge in [0.05, 0.1) is 15.1 Å². The van der Waals surface area contributed by atoms with Crippen molar-refractivity contribution in [3.63, 3.8) is 0 Å². The van der Waals surface area contributed by atoms with Gasteiger partial charge in [-0.15, -0.1) is 0 Å². The first-order chi connectivity index (χ1) is 28.9. The van der Waals surface area contributed by atoms with Gasteiger partial charge in [-0.3, -0.25) is 0 Å². The van der Waals surface area contributed by atoms with Crippen molar-refractivity contribution in [3.05, 3.63) is 182 Å². The number of benzene rings is 9. The fraction of sp³-hybridized carbons (Fsp3) is 0. The van der Waals surface area contributed by atoms with E-state index in [0.717, 1.165) is 32.7 Å². The van der Waals surface area contributed by atoms with Crippen LogP contribution in [0.3, 0.4) is 0 Å². The molecule has 0 amide bonds. The van der Waals surface area contributed by atoms with Crippen molar-refractivity contribution in [1.82, 2.24) is 0 Å². The molecule has 1 nitrogen and oxygen atoms in total. The molecule has 49 heavy (non-hydrogen) atoms. The van der Waals surface area contributed by atoms with Gasteiger partial charge < -0.3 is 4.42 Å².